The van der Waals surface area contributed by atoms with Crippen molar-refractivity contribution in [2.45, 2.75) is 0 Å². The second-order valence-electron chi connectivity index (χ2n) is 5.03. The molecule has 0 saturated carbocycles. The number of hydrogen-bond acceptors (Lipinski definition) is 4. The molecule has 0 saturated heterocycles. The molecule has 0 aliphatic heterocycles. The molecule has 4 aromatic rings. The molecule has 0 unspecified atom stereocenters. The van der Waals surface area contributed by atoms with Crippen LogP contribution in [-0.4, -0.2) is 14.5 Å². The van der Waals surface area contributed by atoms with Crippen molar-refractivity contribution < 1.29 is 0 Å². The Morgan fingerprint density at radius 1 is 0.739 bits per heavy atom. The maximum atomic E-state index is 9.15. The van der Waals surface area contributed by atoms with Gasteiger partial charge in [-0.25, -0.2) is 9.97 Å². The van der Waals surface area contributed by atoms with E-state index >= 15 is 0 Å². The van der Waals surface area contributed by atoms with E-state index in [0.29, 0.717) is 5.95 Å². The fraction of sp³-hybridized carbons (Fsp3) is 0. The van der Waals surface area contributed by atoms with Crippen LogP contribution in [0, 0.1) is 22.7 Å². The van der Waals surface area contributed by atoms with Gasteiger partial charge in [-0.05, 0) is 12.1 Å². The zero-order valence-corrected chi connectivity index (χ0v) is 11.9. The Labute approximate surface area is 131 Å². The number of nitriles is 2. The van der Waals surface area contributed by atoms with Crippen LogP contribution in [0.4, 0.5) is 0 Å². The van der Waals surface area contributed by atoms with Gasteiger partial charge in [-0.3, -0.25) is 4.57 Å². The Bertz CT molecular complexity index is 1060. The van der Waals surface area contributed by atoms with Crippen LogP contribution in [0.3, 0.4) is 0 Å². The first-order valence-corrected chi connectivity index (χ1v) is 6.99. The van der Waals surface area contributed by atoms with Crippen molar-refractivity contribution >= 4 is 21.8 Å². The quantitative estimate of drug-likeness (QED) is 0.539. The molecular weight excluding hydrogens is 286 g/mol. The topological polar surface area (TPSA) is 78.3 Å². The normalized spacial score (nSPS) is 10.5. The molecule has 5 nitrogen and oxygen atoms in total. The highest BCUT2D eigenvalue weighted by Gasteiger charge is 2.14. The molecule has 0 N–H and O–H groups in total. The van der Waals surface area contributed by atoms with Gasteiger partial charge < -0.3 is 0 Å². The molecule has 23 heavy (non-hydrogen) atoms. The van der Waals surface area contributed by atoms with Gasteiger partial charge in [0.1, 0.15) is 23.5 Å². The van der Waals surface area contributed by atoms with E-state index < -0.39 is 0 Å². The number of rotatable bonds is 1. The lowest BCUT2D eigenvalue weighted by atomic mass is 10.2. The Hall–Kier alpha value is -3.70. The molecule has 2 aromatic heterocycles. The van der Waals surface area contributed by atoms with Gasteiger partial charge in [0.05, 0.1) is 11.0 Å². The van der Waals surface area contributed by atoms with E-state index in [9.17, 15) is 0 Å². The second kappa shape index (κ2) is 4.94. The van der Waals surface area contributed by atoms with E-state index in [2.05, 4.69) is 9.97 Å². The second-order valence-corrected chi connectivity index (χ2v) is 5.03. The molecule has 2 heterocycles. The lowest BCUT2D eigenvalue weighted by molar-refractivity contribution is 0.968. The van der Waals surface area contributed by atoms with Crippen LogP contribution >= 0.6 is 0 Å². The number of para-hydroxylation sites is 2. The van der Waals surface area contributed by atoms with Crippen molar-refractivity contribution in [3.63, 3.8) is 0 Å². The van der Waals surface area contributed by atoms with E-state index in [4.69, 9.17) is 10.5 Å². The molecule has 0 bridgehead atoms. The fourth-order valence-corrected chi connectivity index (χ4v) is 2.79. The molecule has 0 aliphatic rings. The SMILES string of the molecule is N#Cc1cc(C#N)nc(-n2c3ccccc3c3ccccc32)n1. The van der Waals surface area contributed by atoms with Crippen LogP contribution in [0.1, 0.15) is 11.4 Å². The highest BCUT2D eigenvalue weighted by molar-refractivity contribution is 6.08. The Kier molecular flexibility index (Phi) is 2.79. The first kappa shape index (κ1) is 13.0. The number of nitrogens with zero attached hydrogens (tertiary/aromatic N) is 5. The molecule has 5 heteroatoms. The van der Waals surface area contributed by atoms with Crippen molar-refractivity contribution in [1.82, 2.24) is 14.5 Å². The van der Waals surface area contributed by atoms with Gasteiger partial charge in [0, 0.05) is 16.8 Å². The zero-order valence-electron chi connectivity index (χ0n) is 11.9. The highest BCUT2D eigenvalue weighted by atomic mass is 15.2. The minimum Gasteiger partial charge on any atom is -0.278 e. The van der Waals surface area contributed by atoms with Crippen molar-refractivity contribution in [2.24, 2.45) is 0 Å². The van der Waals surface area contributed by atoms with Gasteiger partial charge in [0.2, 0.25) is 5.95 Å². The molecule has 0 atom stereocenters. The first-order chi connectivity index (χ1) is 11.3. The summed E-state index contributed by atoms with van der Waals surface area (Å²) in [5.74, 6) is 0.331. The average molecular weight is 295 g/mol. The van der Waals surface area contributed by atoms with Gasteiger partial charge in [-0.2, -0.15) is 10.5 Å². The summed E-state index contributed by atoms with van der Waals surface area (Å²) >= 11 is 0. The molecule has 0 radical (unpaired) electrons. The monoisotopic (exact) mass is 295 g/mol. The molecule has 4 rings (SSSR count). The third-order valence-electron chi connectivity index (χ3n) is 3.72. The van der Waals surface area contributed by atoms with E-state index in [-0.39, 0.29) is 11.4 Å². The van der Waals surface area contributed by atoms with Crippen molar-refractivity contribution in [1.29, 1.82) is 10.5 Å². The summed E-state index contributed by atoms with van der Waals surface area (Å²) < 4.78 is 1.88. The minimum atomic E-state index is 0.174. The minimum absolute atomic E-state index is 0.174. The van der Waals surface area contributed by atoms with Crippen LogP contribution in [0.2, 0.25) is 0 Å². The smallest absolute Gasteiger partial charge is 0.237 e. The predicted octanol–water partition coefficient (Wildman–Crippen LogP) is 3.32. The molecular formula is C18H9N5. The van der Waals surface area contributed by atoms with E-state index in [1.54, 1.807) is 0 Å². The summed E-state index contributed by atoms with van der Waals surface area (Å²) in [6, 6.07) is 21.2. The standard InChI is InChI=1S/C18H9N5/c19-10-12-9-13(11-20)22-18(21-12)23-16-7-3-1-5-14(16)15-6-2-4-8-17(15)23/h1-9H. The molecule has 0 aliphatic carbocycles. The molecule has 0 amide bonds. The largest absolute Gasteiger partial charge is 0.278 e. The molecule has 0 fully saturated rings. The Balaban J connectivity index is 2.17. The summed E-state index contributed by atoms with van der Waals surface area (Å²) in [7, 11) is 0. The van der Waals surface area contributed by atoms with Crippen LogP contribution < -0.4 is 0 Å². The fourth-order valence-electron chi connectivity index (χ4n) is 2.79. The van der Waals surface area contributed by atoms with Gasteiger partial charge in [0.25, 0.3) is 0 Å². The van der Waals surface area contributed by atoms with E-state index in [1.165, 1.54) is 6.07 Å². The number of hydrogen-bond donors (Lipinski definition) is 0. The van der Waals surface area contributed by atoms with E-state index in [0.717, 1.165) is 21.8 Å². The molecule has 106 valence electrons. The molecule has 2 aromatic carbocycles. The third kappa shape index (κ3) is 1.92. The molecule has 0 spiro atoms. The third-order valence-corrected chi connectivity index (χ3v) is 3.72. The van der Waals surface area contributed by atoms with Crippen molar-refractivity contribution in [3.05, 3.63) is 66.0 Å². The maximum absolute atomic E-state index is 9.15. The van der Waals surface area contributed by atoms with Gasteiger partial charge >= 0.3 is 0 Å². The Morgan fingerprint density at radius 3 is 1.70 bits per heavy atom. The summed E-state index contributed by atoms with van der Waals surface area (Å²) in [5, 5.41) is 20.4. The van der Waals surface area contributed by atoms with Crippen LogP contribution in [0.5, 0.6) is 0 Å². The number of aromatic nitrogens is 3. The lowest BCUT2D eigenvalue weighted by Gasteiger charge is -2.06. The van der Waals surface area contributed by atoms with Gasteiger partial charge in [-0.15, -0.1) is 0 Å². The van der Waals surface area contributed by atoms with Crippen LogP contribution in [0.15, 0.2) is 54.6 Å². The van der Waals surface area contributed by atoms with E-state index in [1.807, 2.05) is 65.2 Å². The highest BCUT2D eigenvalue weighted by Crippen LogP contribution is 2.30. The number of benzene rings is 2. The van der Waals surface area contributed by atoms with Crippen molar-refractivity contribution in [3.8, 4) is 18.1 Å². The first-order valence-electron chi connectivity index (χ1n) is 6.99. The van der Waals surface area contributed by atoms with Gasteiger partial charge in [-0.1, -0.05) is 36.4 Å². The zero-order chi connectivity index (χ0) is 15.8. The number of fused-ring (bicyclic) bond motifs is 3. The predicted molar refractivity (Wildman–Crippen MR) is 85.8 cm³/mol. The maximum Gasteiger partial charge on any atom is 0.237 e. The lowest BCUT2D eigenvalue weighted by Crippen LogP contribution is -2.04. The Morgan fingerprint density at radius 2 is 1.22 bits per heavy atom. The van der Waals surface area contributed by atoms with Crippen LogP contribution in [-0.2, 0) is 0 Å². The van der Waals surface area contributed by atoms with Gasteiger partial charge in [0.15, 0.2) is 0 Å². The average Bonchev–Trinajstić information content (AvgIpc) is 2.96. The summed E-state index contributed by atoms with van der Waals surface area (Å²) in [6.07, 6.45) is 0. The summed E-state index contributed by atoms with van der Waals surface area (Å²) in [4.78, 5) is 8.56. The summed E-state index contributed by atoms with van der Waals surface area (Å²) in [6.45, 7) is 0. The summed E-state index contributed by atoms with van der Waals surface area (Å²) in [5.41, 5.74) is 2.22. The van der Waals surface area contributed by atoms with Crippen molar-refractivity contribution in [2.75, 3.05) is 0 Å². The van der Waals surface area contributed by atoms with Crippen LogP contribution in [0.25, 0.3) is 27.8 Å².